The number of rotatable bonds is 6. The van der Waals surface area contributed by atoms with Gasteiger partial charge < -0.3 is 30.6 Å². The molecule has 3 aliphatic rings. The summed E-state index contributed by atoms with van der Waals surface area (Å²) in [7, 11) is 2.11. The molecule has 4 aromatic rings. The van der Waals surface area contributed by atoms with E-state index in [-0.39, 0.29) is 10.8 Å². The fourth-order valence-corrected chi connectivity index (χ4v) is 9.02. The maximum atomic E-state index is 10.2. The molecule has 2 saturated heterocycles. The predicted molar refractivity (Wildman–Crippen MR) is 160 cm³/mol. The van der Waals surface area contributed by atoms with Gasteiger partial charge in [0.05, 0.1) is 27.8 Å². The third-order valence-electron chi connectivity index (χ3n) is 8.39. The van der Waals surface area contributed by atoms with Crippen molar-refractivity contribution in [2.75, 3.05) is 49.7 Å². The molecule has 7 rings (SSSR count). The first-order chi connectivity index (χ1) is 19.9. The summed E-state index contributed by atoms with van der Waals surface area (Å²) in [5, 5.41) is 21.3. The van der Waals surface area contributed by atoms with Gasteiger partial charge in [-0.05, 0) is 32.5 Å². The summed E-state index contributed by atoms with van der Waals surface area (Å²) in [5.74, 6) is 1.94. The minimum Gasteiger partial charge on any atom is -0.462 e. The number of nitrogens with two attached hydrogens (primary N) is 2. The molecule has 208 valence electrons. The minimum absolute atomic E-state index is 0.223. The predicted octanol–water partition coefficient (Wildman–Crippen LogP) is 3.28. The lowest BCUT2D eigenvalue weighted by atomic mass is 9.88. The van der Waals surface area contributed by atoms with Gasteiger partial charge in [0.25, 0.3) is 0 Å². The summed E-state index contributed by atoms with van der Waals surface area (Å²) in [6, 6.07) is 9.04. The summed E-state index contributed by atoms with van der Waals surface area (Å²) in [6.07, 6.45) is 5.67. The van der Waals surface area contributed by atoms with Crippen molar-refractivity contribution in [1.29, 1.82) is 10.5 Å². The number of pyridine rings is 1. The van der Waals surface area contributed by atoms with Crippen LogP contribution >= 0.6 is 23.1 Å². The molecule has 0 amide bonds. The number of aromatic nitrogens is 4. The van der Waals surface area contributed by atoms with E-state index in [0.29, 0.717) is 71.1 Å². The van der Waals surface area contributed by atoms with E-state index < -0.39 is 0 Å². The maximum Gasteiger partial charge on any atom is 0.320 e. The summed E-state index contributed by atoms with van der Waals surface area (Å²) < 4.78 is 7.93. The Labute approximate surface area is 245 Å². The molecule has 7 heterocycles. The number of thiophene rings is 1. The highest BCUT2D eigenvalue weighted by Gasteiger charge is 2.53. The molecule has 0 unspecified atom stereocenters. The van der Waals surface area contributed by atoms with Crippen molar-refractivity contribution in [2.45, 2.75) is 35.9 Å². The molecular weight excluding hydrogens is 557 g/mol. The smallest absolute Gasteiger partial charge is 0.320 e. The lowest BCUT2D eigenvalue weighted by Gasteiger charge is -2.48. The van der Waals surface area contributed by atoms with Crippen molar-refractivity contribution in [2.24, 2.45) is 0 Å². The van der Waals surface area contributed by atoms with Crippen molar-refractivity contribution < 1.29 is 4.74 Å². The first-order valence-corrected chi connectivity index (χ1v) is 15.2. The Hall–Kier alpha value is -4.04. The Morgan fingerprint density at radius 3 is 2.80 bits per heavy atom. The van der Waals surface area contributed by atoms with Crippen LogP contribution in [0.1, 0.15) is 40.0 Å². The molecule has 0 bridgehead atoms. The van der Waals surface area contributed by atoms with Gasteiger partial charge in [-0.2, -0.15) is 20.5 Å². The molecule has 41 heavy (non-hydrogen) atoms. The molecule has 0 aromatic carbocycles. The monoisotopic (exact) mass is 584 g/mol. The van der Waals surface area contributed by atoms with Crippen LogP contribution in [-0.4, -0.2) is 63.7 Å². The average Bonchev–Trinajstić information content (AvgIpc) is 3.70. The van der Waals surface area contributed by atoms with Crippen molar-refractivity contribution in [3.63, 3.8) is 0 Å². The number of hydrogen-bond acceptors (Lipinski definition) is 12. The number of likely N-dealkylation sites (N-methyl/N-ethyl adjacent to an activating group) is 1. The highest BCUT2D eigenvalue weighted by Crippen LogP contribution is 2.58. The number of likely N-dealkylation sites (tertiary alicyclic amines) is 1. The Morgan fingerprint density at radius 1 is 1.22 bits per heavy atom. The molecule has 2 fully saturated rings. The van der Waals surface area contributed by atoms with Crippen LogP contribution in [0.15, 0.2) is 24.5 Å². The van der Waals surface area contributed by atoms with Crippen LogP contribution in [0.25, 0.3) is 11.0 Å². The van der Waals surface area contributed by atoms with Gasteiger partial charge in [0.2, 0.25) is 0 Å². The van der Waals surface area contributed by atoms with Gasteiger partial charge in [-0.3, -0.25) is 0 Å². The zero-order valence-electron chi connectivity index (χ0n) is 22.5. The number of nitriles is 2. The molecule has 1 spiro atoms. The quantitative estimate of drug-likeness (QED) is 0.342. The second-order valence-corrected chi connectivity index (χ2v) is 13.3. The van der Waals surface area contributed by atoms with Crippen LogP contribution in [-0.2, 0) is 17.0 Å². The van der Waals surface area contributed by atoms with Crippen LogP contribution in [0.2, 0.25) is 0 Å². The van der Waals surface area contributed by atoms with Gasteiger partial charge in [-0.1, -0.05) is 6.07 Å². The van der Waals surface area contributed by atoms with Crippen LogP contribution in [0.5, 0.6) is 6.01 Å². The van der Waals surface area contributed by atoms with Crippen molar-refractivity contribution in [1.82, 2.24) is 24.4 Å². The fourth-order valence-electron chi connectivity index (χ4n) is 6.21. The third-order valence-corrected chi connectivity index (χ3v) is 11.0. The van der Waals surface area contributed by atoms with E-state index in [1.54, 1.807) is 12.4 Å². The Bertz CT molecular complexity index is 1760. The minimum atomic E-state index is -0.223. The topological polar surface area (TPSA) is 159 Å². The van der Waals surface area contributed by atoms with Gasteiger partial charge in [-0.25, -0.2) is 4.98 Å². The van der Waals surface area contributed by atoms with E-state index in [1.165, 1.54) is 16.2 Å². The molecule has 11 nitrogen and oxygen atoms in total. The summed E-state index contributed by atoms with van der Waals surface area (Å²) in [6.45, 7) is 3.25. The van der Waals surface area contributed by atoms with Crippen LogP contribution in [0.4, 0.5) is 16.6 Å². The second-order valence-electron chi connectivity index (χ2n) is 10.8. The molecule has 3 aliphatic heterocycles. The number of nitrogens with zero attached hydrogens (tertiary/aromatic N) is 8. The number of nitrogen functional groups attached to an aromatic ring is 2. The molecule has 0 saturated carbocycles. The number of thioether (sulfide) groups is 1. The van der Waals surface area contributed by atoms with E-state index in [2.05, 4.69) is 34.0 Å². The zero-order chi connectivity index (χ0) is 28.3. The fraction of sp³-hybridized carbons (Fsp3) is 0.393. The normalized spacial score (nSPS) is 19.3. The molecule has 4 N–H and O–H groups in total. The lowest BCUT2D eigenvalue weighted by molar-refractivity contribution is 0.188. The van der Waals surface area contributed by atoms with Crippen molar-refractivity contribution >= 4 is 50.8 Å². The highest BCUT2D eigenvalue weighted by atomic mass is 32.2. The first kappa shape index (κ1) is 25.9. The lowest BCUT2D eigenvalue weighted by Crippen LogP contribution is -2.57. The van der Waals surface area contributed by atoms with Gasteiger partial charge in [0.15, 0.2) is 5.65 Å². The highest BCUT2D eigenvalue weighted by molar-refractivity contribution is 8.00. The van der Waals surface area contributed by atoms with Crippen molar-refractivity contribution in [3.05, 3.63) is 51.7 Å². The largest absolute Gasteiger partial charge is 0.462 e. The van der Waals surface area contributed by atoms with E-state index in [4.69, 9.17) is 26.2 Å². The molecule has 13 heteroatoms. The first-order valence-electron chi connectivity index (χ1n) is 13.4. The molecule has 4 aromatic heterocycles. The third kappa shape index (κ3) is 4.15. The van der Waals surface area contributed by atoms with E-state index in [9.17, 15) is 10.5 Å². The summed E-state index contributed by atoms with van der Waals surface area (Å²) in [4.78, 5) is 19.6. The number of fused-ring (bicyclic) bond motifs is 3. The maximum absolute atomic E-state index is 10.2. The van der Waals surface area contributed by atoms with E-state index >= 15 is 0 Å². The van der Waals surface area contributed by atoms with Gasteiger partial charge >= 0.3 is 6.01 Å². The van der Waals surface area contributed by atoms with Crippen LogP contribution in [0, 0.1) is 22.7 Å². The van der Waals surface area contributed by atoms with Gasteiger partial charge in [-0.15, -0.1) is 23.1 Å². The standard InChI is InChI=1S/C28H28N10OS2/c1-36-7-3-5-18(36)12-39-27-34-25-21(17(8-29)11-37(25)10-16-4-2-6-33-23(16)31)26(35-27)38-14-28(15-38)22-19(9-30)24(32)41-20(22)13-40-28/h2,4,6,11,18H,3,5,7,10,12-15,32H2,1H3,(H2,31,33)/t18-/m0/s1. The average molecular weight is 585 g/mol. The molecular formula is C28H28N10OS2. The zero-order valence-corrected chi connectivity index (χ0v) is 24.1. The SMILES string of the molecule is CN1CCC[C@H]1COc1nc(N2CC3(C2)SCc2sc(N)c(C#N)c23)c2c(C#N)cn(Cc3cccnc3N)c2n1. The van der Waals surface area contributed by atoms with Crippen LogP contribution < -0.4 is 21.1 Å². The molecule has 0 radical (unpaired) electrons. The molecule has 0 aliphatic carbocycles. The van der Waals surface area contributed by atoms with E-state index in [0.717, 1.165) is 36.3 Å². The molecule has 1 atom stereocenters. The van der Waals surface area contributed by atoms with E-state index in [1.807, 2.05) is 28.5 Å². The summed E-state index contributed by atoms with van der Waals surface area (Å²) >= 11 is 3.37. The number of ether oxygens (including phenoxy) is 1. The van der Waals surface area contributed by atoms with Gasteiger partial charge in [0, 0.05) is 53.3 Å². The number of hydrogen-bond donors (Lipinski definition) is 2. The second kappa shape index (κ2) is 9.80. The Morgan fingerprint density at radius 2 is 2.07 bits per heavy atom. The number of anilines is 3. The Balaban J connectivity index is 1.29. The van der Waals surface area contributed by atoms with Crippen molar-refractivity contribution in [3.8, 4) is 18.1 Å². The van der Waals surface area contributed by atoms with Gasteiger partial charge in [0.1, 0.15) is 35.4 Å². The Kier molecular flexibility index (Phi) is 6.19. The summed E-state index contributed by atoms with van der Waals surface area (Å²) in [5.41, 5.74) is 16.0. The van der Waals surface area contributed by atoms with Crippen LogP contribution in [0.3, 0.4) is 0 Å².